The van der Waals surface area contributed by atoms with Crippen molar-refractivity contribution in [3.63, 3.8) is 0 Å². The maximum absolute atomic E-state index is 13.5. The van der Waals surface area contributed by atoms with E-state index in [2.05, 4.69) is 16.0 Å². The molecule has 158 valence electrons. The van der Waals surface area contributed by atoms with Gasteiger partial charge in [-0.3, -0.25) is 19.2 Å². The molecule has 0 saturated carbocycles. The molecule has 2 heterocycles. The van der Waals surface area contributed by atoms with Crippen LogP contribution in [0.2, 0.25) is 0 Å². The van der Waals surface area contributed by atoms with Crippen molar-refractivity contribution in [1.29, 1.82) is 0 Å². The van der Waals surface area contributed by atoms with Crippen LogP contribution in [0.25, 0.3) is 0 Å². The van der Waals surface area contributed by atoms with Crippen LogP contribution in [-0.4, -0.2) is 40.7 Å². The number of hydrogen-bond acceptors (Lipinski definition) is 4. The fourth-order valence-electron chi connectivity index (χ4n) is 3.61. The molecule has 3 amide bonds. The lowest BCUT2D eigenvalue weighted by molar-refractivity contribution is -0.125. The number of amides is 3. The Morgan fingerprint density at radius 2 is 1.90 bits per heavy atom. The van der Waals surface area contributed by atoms with Crippen LogP contribution < -0.4 is 16.0 Å². The summed E-state index contributed by atoms with van der Waals surface area (Å²) in [6.07, 6.45) is 0.410. The molecule has 1 aliphatic heterocycles. The predicted octanol–water partition coefficient (Wildman–Crippen LogP) is 1.53. The van der Waals surface area contributed by atoms with Crippen molar-refractivity contribution >= 4 is 29.2 Å². The van der Waals surface area contributed by atoms with E-state index in [1.165, 1.54) is 22.8 Å². The SMILES string of the molecule is Cc1cc(NC(=O)c2c(C)c(C(=O)C(=O)N[C@@H]3CCNC3=O)n(C)c2C)ccc1F. The van der Waals surface area contributed by atoms with Crippen LogP contribution in [0.3, 0.4) is 0 Å². The Labute approximate surface area is 172 Å². The number of rotatable bonds is 5. The molecular formula is C21H23FN4O4. The summed E-state index contributed by atoms with van der Waals surface area (Å²) in [7, 11) is 1.59. The van der Waals surface area contributed by atoms with Gasteiger partial charge < -0.3 is 20.5 Å². The third kappa shape index (κ3) is 3.83. The minimum absolute atomic E-state index is 0.0730. The van der Waals surface area contributed by atoms with Crippen molar-refractivity contribution in [3.8, 4) is 0 Å². The van der Waals surface area contributed by atoms with Gasteiger partial charge in [0.25, 0.3) is 17.6 Å². The molecule has 1 saturated heterocycles. The van der Waals surface area contributed by atoms with Gasteiger partial charge in [-0.25, -0.2) is 4.39 Å². The number of aryl methyl sites for hydroxylation is 1. The second kappa shape index (κ2) is 8.10. The molecule has 0 spiro atoms. The highest BCUT2D eigenvalue weighted by molar-refractivity contribution is 6.43. The molecule has 0 unspecified atom stereocenters. The van der Waals surface area contributed by atoms with E-state index in [9.17, 15) is 23.6 Å². The quantitative estimate of drug-likeness (QED) is 0.509. The third-order valence-electron chi connectivity index (χ3n) is 5.35. The Balaban J connectivity index is 1.85. The summed E-state index contributed by atoms with van der Waals surface area (Å²) in [5.74, 6) is -2.90. The average molecular weight is 414 g/mol. The summed E-state index contributed by atoms with van der Waals surface area (Å²) in [6, 6.07) is 3.47. The molecule has 3 N–H and O–H groups in total. The van der Waals surface area contributed by atoms with Gasteiger partial charge in [-0.05, 0) is 56.5 Å². The molecular weight excluding hydrogens is 391 g/mol. The number of carbonyl (C=O) groups is 4. The Kier molecular flexibility index (Phi) is 5.73. The number of aromatic nitrogens is 1. The molecule has 3 rings (SSSR count). The number of nitrogens with one attached hydrogen (secondary N) is 3. The van der Waals surface area contributed by atoms with Gasteiger partial charge in [0.15, 0.2) is 0 Å². The van der Waals surface area contributed by atoms with Crippen molar-refractivity contribution in [2.75, 3.05) is 11.9 Å². The van der Waals surface area contributed by atoms with Crippen LogP contribution in [-0.2, 0) is 16.6 Å². The third-order valence-corrected chi connectivity index (χ3v) is 5.35. The number of carbonyl (C=O) groups excluding carboxylic acids is 4. The largest absolute Gasteiger partial charge is 0.354 e. The van der Waals surface area contributed by atoms with E-state index < -0.39 is 23.6 Å². The average Bonchev–Trinajstić information content (AvgIpc) is 3.18. The van der Waals surface area contributed by atoms with Gasteiger partial charge in [0, 0.05) is 25.0 Å². The normalized spacial score (nSPS) is 15.6. The number of Topliss-reactive ketones (excluding diaryl/α,β-unsaturated/α-hetero) is 1. The molecule has 1 aliphatic rings. The smallest absolute Gasteiger partial charge is 0.294 e. The first-order chi connectivity index (χ1) is 14.1. The van der Waals surface area contributed by atoms with Gasteiger partial charge in [0.1, 0.15) is 11.9 Å². The van der Waals surface area contributed by atoms with E-state index in [4.69, 9.17) is 0 Å². The number of nitrogens with zero attached hydrogens (tertiary/aromatic N) is 1. The fraction of sp³-hybridized carbons (Fsp3) is 0.333. The van der Waals surface area contributed by atoms with E-state index >= 15 is 0 Å². The molecule has 8 nitrogen and oxygen atoms in total. The molecule has 1 atom stereocenters. The maximum Gasteiger partial charge on any atom is 0.294 e. The zero-order chi connectivity index (χ0) is 22.2. The van der Waals surface area contributed by atoms with Gasteiger partial charge in [-0.2, -0.15) is 0 Å². The van der Waals surface area contributed by atoms with Crippen LogP contribution in [0.1, 0.15) is 44.1 Å². The lowest BCUT2D eigenvalue weighted by atomic mass is 10.1. The molecule has 1 fully saturated rings. The highest BCUT2D eigenvalue weighted by Gasteiger charge is 2.32. The second-order valence-electron chi connectivity index (χ2n) is 7.35. The predicted molar refractivity (Wildman–Crippen MR) is 108 cm³/mol. The molecule has 1 aromatic carbocycles. The zero-order valence-corrected chi connectivity index (χ0v) is 17.2. The van der Waals surface area contributed by atoms with E-state index in [1.54, 1.807) is 27.8 Å². The topological polar surface area (TPSA) is 109 Å². The molecule has 9 heteroatoms. The summed E-state index contributed by atoms with van der Waals surface area (Å²) < 4.78 is 14.9. The Morgan fingerprint density at radius 1 is 1.20 bits per heavy atom. The highest BCUT2D eigenvalue weighted by atomic mass is 19.1. The maximum atomic E-state index is 13.5. The van der Waals surface area contributed by atoms with Gasteiger partial charge in [-0.1, -0.05) is 0 Å². The summed E-state index contributed by atoms with van der Waals surface area (Å²) in [4.78, 5) is 49.7. The molecule has 30 heavy (non-hydrogen) atoms. The van der Waals surface area contributed by atoms with E-state index in [0.717, 1.165) is 0 Å². The molecule has 1 aromatic heterocycles. The fourth-order valence-corrected chi connectivity index (χ4v) is 3.61. The first-order valence-corrected chi connectivity index (χ1v) is 9.48. The Morgan fingerprint density at radius 3 is 2.50 bits per heavy atom. The van der Waals surface area contributed by atoms with Crippen molar-refractivity contribution in [2.24, 2.45) is 7.05 Å². The van der Waals surface area contributed by atoms with Crippen molar-refractivity contribution < 1.29 is 23.6 Å². The molecule has 0 radical (unpaired) electrons. The first kappa shape index (κ1) is 21.2. The van der Waals surface area contributed by atoms with Gasteiger partial charge in [0.2, 0.25) is 5.91 Å². The standard InChI is InChI=1S/C21H23FN4O4/c1-10-9-13(5-6-14(10)22)24-20(29)16-11(2)17(26(4)12(16)3)18(27)21(30)25-15-7-8-23-19(15)28/h5-6,9,15H,7-8H2,1-4H3,(H,23,28)(H,24,29)(H,25,30)/t15-/m1/s1. The van der Waals surface area contributed by atoms with E-state index in [1.807, 2.05) is 0 Å². The zero-order valence-electron chi connectivity index (χ0n) is 17.2. The summed E-state index contributed by atoms with van der Waals surface area (Å²) in [5.41, 5.74) is 1.98. The van der Waals surface area contributed by atoms with Crippen molar-refractivity contribution in [3.05, 3.63) is 52.1 Å². The van der Waals surface area contributed by atoms with Crippen LogP contribution in [0.5, 0.6) is 0 Å². The monoisotopic (exact) mass is 414 g/mol. The first-order valence-electron chi connectivity index (χ1n) is 9.48. The Hall–Kier alpha value is -3.49. The summed E-state index contributed by atoms with van der Waals surface area (Å²) in [5, 5.41) is 7.73. The number of hydrogen-bond donors (Lipinski definition) is 3. The lowest BCUT2D eigenvalue weighted by Crippen LogP contribution is -2.43. The van der Waals surface area contributed by atoms with Crippen molar-refractivity contribution in [2.45, 2.75) is 33.2 Å². The van der Waals surface area contributed by atoms with Crippen LogP contribution in [0.15, 0.2) is 18.2 Å². The minimum atomic E-state index is -0.901. The number of anilines is 1. The second-order valence-corrected chi connectivity index (χ2v) is 7.35. The van der Waals surface area contributed by atoms with Gasteiger partial charge in [-0.15, -0.1) is 0 Å². The lowest BCUT2D eigenvalue weighted by Gasteiger charge is -2.10. The van der Waals surface area contributed by atoms with E-state index in [-0.39, 0.29) is 23.0 Å². The molecule has 2 aromatic rings. The molecule has 0 aliphatic carbocycles. The minimum Gasteiger partial charge on any atom is -0.354 e. The van der Waals surface area contributed by atoms with Crippen LogP contribution >= 0.6 is 0 Å². The van der Waals surface area contributed by atoms with Gasteiger partial charge >= 0.3 is 0 Å². The van der Waals surface area contributed by atoms with Crippen LogP contribution in [0, 0.1) is 26.6 Å². The number of ketones is 1. The van der Waals surface area contributed by atoms with E-state index in [0.29, 0.717) is 35.5 Å². The van der Waals surface area contributed by atoms with Crippen LogP contribution in [0.4, 0.5) is 10.1 Å². The molecule has 0 bridgehead atoms. The highest BCUT2D eigenvalue weighted by Crippen LogP contribution is 2.24. The number of halogens is 1. The number of benzene rings is 1. The van der Waals surface area contributed by atoms with Gasteiger partial charge in [0.05, 0.1) is 11.3 Å². The summed E-state index contributed by atoms with van der Waals surface area (Å²) in [6.45, 7) is 5.27. The Bertz CT molecular complexity index is 1070. The summed E-state index contributed by atoms with van der Waals surface area (Å²) >= 11 is 0. The van der Waals surface area contributed by atoms with Crippen molar-refractivity contribution in [1.82, 2.24) is 15.2 Å².